The van der Waals surface area contributed by atoms with Gasteiger partial charge in [-0.2, -0.15) is 5.10 Å². The number of hydrogen-bond donors (Lipinski definition) is 0. The van der Waals surface area contributed by atoms with Crippen LogP contribution in [0.2, 0.25) is 0 Å². The zero-order valence-electron chi connectivity index (χ0n) is 8.29. The van der Waals surface area contributed by atoms with Crippen LogP contribution in [0.4, 0.5) is 0 Å². The van der Waals surface area contributed by atoms with Crippen LogP contribution >= 0.6 is 0 Å². The van der Waals surface area contributed by atoms with E-state index < -0.39 is 0 Å². The van der Waals surface area contributed by atoms with Crippen molar-refractivity contribution in [2.45, 2.75) is 32.1 Å². The zero-order valence-corrected chi connectivity index (χ0v) is 8.29. The number of ketones is 1. The second kappa shape index (κ2) is 2.44. The standard InChI is InChI=1S/C10H14N2O/c1-7-6-11-12(3)9(7)10(4-5-10)8(2)13/h6H,4-5H2,1-3H3. The molecule has 1 fully saturated rings. The smallest absolute Gasteiger partial charge is 0.141 e. The topological polar surface area (TPSA) is 34.9 Å². The molecule has 3 heteroatoms. The minimum absolute atomic E-state index is 0.185. The first-order valence-electron chi connectivity index (χ1n) is 4.58. The van der Waals surface area contributed by atoms with Gasteiger partial charge in [-0.25, -0.2) is 0 Å². The third-order valence-electron chi connectivity index (χ3n) is 3.00. The molecular formula is C10H14N2O. The number of carbonyl (C=O) groups is 1. The second-order valence-electron chi connectivity index (χ2n) is 3.94. The molecule has 0 N–H and O–H groups in total. The summed E-state index contributed by atoms with van der Waals surface area (Å²) in [5, 5.41) is 4.17. The predicted molar refractivity (Wildman–Crippen MR) is 49.5 cm³/mol. The Morgan fingerprint density at radius 1 is 1.62 bits per heavy atom. The largest absolute Gasteiger partial charge is 0.299 e. The molecule has 13 heavy (non-hydrogen) atoms. The monoisotopic (exact) mass is 178 g/mol. The van der Waals surface area contributed by atoms with E-state index in [1.165, 1.54) is 0 Å². The molecule has 1 heterocycles. The van der Waals surface area contributed by atoms with Crippen molar-refractivity contribution < 1.29 is 4.79 Å². The molecule has 0 saturated heterocycles. The van der Waals surface area contributed by atoms with Crippen LogP contribution in [-0.2, 0) is 17.3 Å². The van der Waals surface area contributed by atoms with Gasteiger partial charge in [-0.1, -0.05) is 0 Å². The van der Waals surface area contributed by atoms with E-state index >= 15 is 0 Å². The van der Waals surface area contributed by atoms with E-state index in [9.17, 15) is 4.79 Å². The summed E-state index contributed by atoms with van der Waals surface area (Å²) in [6, 6.07) is 0. The first-order valence-corrected chi connectivity index (χ1v) is 4.58. The number of aryl methyl sites for hydroxylation is 2. The summed E-state index contributed by atoms with van der Waals surface area (Å²) >= 11 is 0. The van der Waals surface area contributed by atoms with Crippen molar-refractivity contribution in [2.24, 2.45) is 7.05 Å². The first kappa shape index (κ1) is 8.48. The molecule has 0 unspecified atom stereocenters. The highest BCUT2D eigenvalue weighted by atomic mass is 16.1. The average Bonchev–Trinajstić information content (AvgIpc) is 2.77. The van der Waals surface area contributed by atoms with Crippen LogP contribution in [0.5, 0.6) is 0 Å². The van der Waals surface area contributed by atoms with Crippen molar-refractivity contribution in [3.05, 3.63) is 17.5 Å². The number of Topliss-reactive ketones (excluding diaryl/α,β-unsaturated/α-hetero) is 1. The molecular weight excluding hydrogens is 164 g/mol. The average molecular weight is 178 g/mol. The Morgan fingerprint density at radius 2 is 2.23 bits per heavy atom. The van der Waals surface area contributed by atoms with Gasteiger partial charge in [-0.05, 0) is 32.3 Å². The van der Waals surface area contributed by atoms with Gasteiger partial charge in [0, 0.05) is 7.05 Å². The Morgan fingerprint density at radius 3 is 2.54 bits per heavy atom. The lowest BCUT2D eigenvalue weighted by Crippen LogP contribution is -2.21. The van der Waals surface area contributed by atoms with Crippen molar-refractivity contribution >= 4 is 5.78 Å². The highest BCUT2D eigenvalue weighted by Crippen LogP contribution is 2.49. The summed E-state index contributed by atoms with van der Waals surface area (Å²) < 4.78 is 1.84. The highest BCUT2D eigenvalue weighted by molar-refractivity contribution is 5.90. The van der Waals surface area contributed by atoms with Crippen LogP contribution in [-0.4, -0.2) is 15.6 Å². The Labute approximate surface area is 77.7 Å². The van der Waals surface area contributed by atoms with Gasteiger partial charge >= 0.3 is 0 Å². The van der Waals surface area contributed by atoms with E-state index in [-0.39, 0.29) is 11.2 Å². The van der Waals surface area contributed by atoms with E-state index in [0.717, 1.165) is 24.1 Å². The van der Waals surface area contributed by atoms with Gasteiger partial charge in [0.05, 0.1) is 17.3 Å². The number of aromatic nitrogens is 2. The molecule has 70 valence electrons. The Balaban J connectivity index is 2.51. The summed E-state index contributed by atoms with van der Waals surface area (Å²) in [7, 11) is 1.91. The minimum atomic E-state index is -0.185. The maximum Gasteiger partial charge on any atom is 0.141 e. The lowest BCUT2D eigenvalue weighted by Gasteiger charge is -2.12. The molecule has 0 atom stereocenters. The van der Waals surface area contributed by atoms with Crippen molar-refractivity contribution in [3.8, 4) is 0 Å². The number of hydrogen-bond acceptors (Lipinski definition) is 2. The maximum absolute atomic E-state index is 11.5. The van der Waals surface area contributed by atoms with Crippen molar-refractivity contribution in [3.63, 3.8) is 0 Å². The van der Waals surface area contributed by atoms with Crippen LogP contribution in [0.25, 0.3) is 0 Å². The van der Waals surface area contributed by atoms with Crippen molar-refractivity contribution in [1.29, 1.82) is 0 Å². The molecule has 0 radical (unpaired) electrons. The number of nitrogens with zero attached hydrogens (tertiary/aromatic N) is 2. The Bertz CT molecular complexity index is 342. The van der Waals surface area contributed by atoms with E-state index in [4.69, 9.17) is 0 Å². The summed E-state index contributed by atoms with van der Waals surface area (Å²) in [5.41, 5.74) is 2.06. The van der Waals surface area contributed by atoms with Gasteiger partial charge < -0.3 is 0 Å². The van der Waals surface area contributed by atoms with E-state index in [0.29, 0.717) is 0 Å². The second-order valence-corrected chi connectivity index (χ2v) is 3.94. The third kappa shape index (κ3) is 1.03. The van der Waals surface area contributed by atoms with Crippen LogP contribution in [0.15, 0.2) is 6.20 Å². The minimum Gasteiger partial charge on any atom is -0.299 e. The van der Waals surface area contributed by atoms with Crippen LogP contribution in [0.1, 0.15) is 31.0 Å². The van der Waals surface area contributed by atoms with Gasteiger partial charge in [-0.3, -0.25) is 9.48 Å². The first-order chi connectivity index (χ1) is 6.08. The SMILES string of the molecule is CC(=O)C1(c2c(C)cnn2C)CC1. The summed E-state index contributed by atoms with van der Waals surface area (Å²) in [4.78, 5) is 11.5. The summed E-state index contributed by atoms with van der Waals surface area (Å²) in [5.74, 6) is 0.277. The Kier molecular flexibility index (Phi) is 1.59. The van der Waals surface area contributed by atoms with Gasteiger partial charge in [0.1, 0.15) is 5.78 Å². The van der Waals surface area contributed by atoms with Gasteiger partial charge in [0.2, 0.25) is 0 Å². The molecule has 1 aliphatic rings. The predicted octanol–water partition coefficient (Wildman–Crippen LogP) is 1.35. The van der Waals surface area contributed by atoms with Crippen LogP contribution < -0.4 is 0 Å². The van der Waals surface area contributed by atoms with Crippen LogP contribution in [0, 0.1) is 6.92 Å². The molecule has 0 spiro atoms. The summed E-state index contributed by atoms with van der Waals surface area (Å²) in [6.45, 7) is 3.70. The molecule has 1 aromatic rings. The maximum atomic E-state index is 11.5. The zero-order chi connectivity index (χ0) is 9.64. The fourth-order valence-electron chi connectivity index (χ4n) is 2.12. The summed E-state index contributed by atoms with van der Waals surface area (Å²) in [6.07, 6.45) is 3.81. The molecule has 1 aliphatic carbocycles. The lowest BCUT2D eigenvalue weighted by molar-refractivity contribution is -0.119. The van der Waals surface area contributed by atoms with E-state index in [1.807, 2.05) is 24.9 Å². The molecule has 0 amide bonds. The molecule has 0 bridgehead atoms. The number of rotatable bonds is 2. The highest BCUT2D eigenvalue weighted by Gasteiger charge is 2.51. The molecule has 3 nitrogen and oxygen atoms in total. The fourth-order valence-corrected chi connectivity index (χ4v) is 2.12. The van der Waals surface area contributed by atoms with Crippen LogP contribution in [0.3, 0.4) is 0 Å². The molecule has 1 aromatic heterocycles. The van der Waals surface area contributed by atoms with Crippen molar-refractivity contribution in [1.82, 2.24) is 9.78 Å². The van der Waals surface area contributed by atoms with Crippen molar-refractivity contribution in [2.75, 3.05) is 0 Å². The normalized spacial score (nSPS) is 18.7. The van der Waals surface area contributed by atoms with Gasteiger partial charge in [0.15, 0.2) is 0 Å². The van der Waals surface area contributed by atoms with E-state index in [1.54, 1.807) is 6.92 Å². The lowest BCUT2D eigenvalue weighted by atomic mass is 9.95. The molecule has 2 rings (SSSR count). The van der Waals surface area contributed by atoms with Gasteiger partial charge in [0.25, 0.3) is 0 Å². The van der Waals surface area contributed by atoms with Gasteiger partial charge in [-0.15, -0.1) is 0 Å². The quantitative estimate of drug-likeness (QED) is 0.685. The number of carbonyl (C=O) groups excluding carboxylic acids is 1. The Hall–Kier alpha value is -1.12. The fraction of sp³-hybridized carbons (Fsp3) is 0.600. The molecule has 1 saturated carbocycles. The molecule has 0 aromatic carbocycles. The third-order valence-corrected chi connectivity index (χ3v) is 3.00. The van der Waals surface area contributed by atoms with E-state index in [2.05, 4.69) is 5.10 Å². The molecule has 0 aliphatic heterocycles.